The van der Waals surface area contributed by atoms with E-state index in [2.05, 4.69) is 0 Å². The summed E-state index contributed by atoms with van der Waals surface area (Å²) in [6.45, 7) is 1.93. The van der Waals surface area contributed by atoms with E-state index in [1.165, 1.54) is 10.6 Å². The number of amides is 1. The lowest BCUT2D eigenvalue weighted by Gasteiger charge is -2.24. The maximum Gasteiger partial charge on any atom is 0.223 e. The van der Waals surface area contributed by atoms with Crippen LogP contribution in [0.25, 0.3) is 0 Å². The highest BCUT2D eigenvalue weighted by Gasteiger charge is 2.21. The molecule has 0 aliphatic carbocycles. The SMILES string of the molecule is CS(=O)(=O)N(CCC(=O)N1CCCCCC1)Cc1ccccc1Cl. The van der Waals surface area contributed by atoms with Crippen molar-refractivity contribution in [1.29, 1.82) is 0 Å². The Kier molecular flexibility index (Phi) is 7.07. The van der Waals surface area contributed by atoms with Gasteiger partial charge in [0.1, 0.15) is 0 Å². The van der Waals surface area contributed by atoms with E-state index in [1.54, 1.807) is 18.2 Å². The lowest BCUT2D eigenvalue weighted by atomic mass is 10.2. The normalized spacial score (nSPS) is 16.2. The second-order valence-corrected chi connectivity index (χ2v) is 8.62. The Bertz CT molecular complexity index is 656. The van der Waals surface area contributed by atoms with E-state index in [4.69, 9.17) is 11.6 Å². The quantitative estimate of drug-likeness (QED) is 0.771. The zero-order valence-electron chi connectivity index (χ0n) is 14.1. The highest BCUT2D eigenvalue weighted by Crippen LogP contribution is 2.19. The first kappa shape index (κ1) is 19.2. The third-order valence-corrected chi connectivity index (χ3v) is 5.93. The summed E-state index contributed by atoms with van der Waals surface area (Å²) < 4.78 is 25.4. The Morgan fingerprint density at radius 3 is 2.38 bits per heavy atom. The predicted octanol–water partition coefficient (Wildman–Crippen LogP) is 2.89. The Balaban J connectivity index is 1.99. The van der Waals surface area contributed by atoms with E-state index in [0.717, 1.165) is 44.3 Å². The molecule has 1 aromatic rings. The van der Waals surface area contributed by atoms with Crippen molar-refractivity contribution in [2.45, 2.75) is 38.6 Å². The molecular weight excluding hydrogens is 348 g/mol. The van der Waals surface area contributed by atoms with Gasteiger partial charge in [-0.15, -0.1) is 0 Å². The van der Waals surface area contributed by atoms with Gasteiger partial charge >= 0.3 is 0 Å². The second-order valence-electron chi connectivity index (χ2n) is 6.23. The molecule has 0 radical (unpaired) electrons. The van der Waals surface area contributed by atoms with Crippen molar-refractivity contribution in [1.82, 2.24) is 9.21 Å². The topological polar surface area (TPSA) is 57.7 Å². The molecular formula is C17H25ClN2O3S. The van der Waals surface area contributed by atoms with Crippen LogP contribution in [-0.2, 0) is 21.4 Å². The number of halogens is 1. The summed E-state index contributed by atoms with van der Waals surface area (Å²) in [5.41, 5.74) is 0.742. The number of hydrogen-bond donors (Lipinski definition) is 0. The number of benzene rings is 1. The second kappa shape index (κ2) is 8.83. The van der Waals surface area contributed by atoms with Crippen molar-refractivity contribution in [2.75, 3.05) is 25.9 Å². The van der Waals surface area contributed by atoms with Crippen LogP contribution in [-0.4, -0.2) is 49.4 Å². The summed E-state index contributed by atoms with van der Waals surface area (Å²) in [5.74, 6) is 0.0321. The lowest BCUT2D eigenvalue weighted by Crippen LogP contribution is -2.37. The number of hydrogen-bond acceptors (Lipinski definition) is 3. The van der Waals surface area contributed by atoms with Gasteiger partial charge in [0.15, 0.2) is 0 Å². The van der Waals surface area contributed by atoms with Gasteiger partial charge in [-0.1, -0.05) is 42.6 Å². The molecule has 1 heterocycles. The number of rotatable bonds is 6. The third-order valence-electron chi connectivity index (χ3n) is 4.31. The highest BCUT2D eigenvalue weighted by molar-refractivity contribution is 7.88. The largest absolute Gasteiger partial charge is 0.343 e. The van der Waals surface area contributed by atoms with E-state index in [0.29, 0.717) is 5.02 Å². The molecule has 0 atom stereocenters. The molecule has 0 unspecified atom stereocenters. The average molecular weight is 373 g/mol. The summed E-state index contributed by atoms with van der Waals surface area (Å²) in [7, 11) is -3.41. The molecule has 1 amide bonds. The van der Waals surface area contributed by atoms with Crippen molar-refractivity contribution in [3.63, 3.8) is 0 Å². The van der Waals surface area contributed by atoms with Gasteiger partial charge in [0.25, 0.3) is 0 Å². The minimum atomic E-state index is -3.41. The third kappa shape index (κ3) is 5.76. The first-order valence-corrected chi connectivity index (χ1v) is 10.6. The standard InChI is InChI=1S/C17H25ClN2O3S/c1-24(22,23)20(14-15-8-4-5-9-16(15)18)13-10-17(21)19-11-6-2-3-7-12-19/h4-5,8-9H,2-3,6-7,10-14H2,1H3. The van der Waals surface area contributed by atoms with Crippen molar-refractivity contribution in [3.8, 4) is 0 Å². The number of likely N-dealkylation sites (tertiary alicyclic amines) is 1. The van der Waals surface area contributed by atoms with Crippen molar-refractivity contribution in [3.05, 3.63) is 34.9 Å². The van der Waals surface area contributed by atoms with Crippen LogP contribution in [0.1, 0.15) is 37.7 Å². The summed E-state index contributed by atoms with van der Waals surface area (Å²) in [4.78, 5) is 14.2. The fraction of sp³-hybridized carbons (Fsp3) is 0.588. The molecule has 0 spiro atoms. The zero-order chi connectivity index (χ0) is 17.6. The number of sulfonamides is 1. The minimum Gasteiger partial charge on any atom is -0.343 e. The number of nitrogens with zero attached hydrogens (tertiary/aromatic N) is 2. The first-order valence-electron chi connectivity index (χ1n) is 8.34. The molecule has 7 heteroatoms. The summed E-state index contributed by atoms with van der Waals surface area (Å²) in [6, 6.07) is 7.17. The molecule has 1 fully saturated rings. The van der Waals surface area contributed by atoms with Gasteiger partial charge < -0.3 is 4.90 Å². The Hall–Kier alpha value is -1.11. The van der Waals surface area contributed by atoms with E-state index >= 15 is 0 Å². The molecule has 1 aliphatic heterocycles. The maximum absolute atomic E-state index is 12.4. The van der Waals surface area contributed by atoms with Gasteiger partial charge in [-0.25, -0.2) is 8.42 Å². The van der Waals surface area contributed by atoms with Gasteiger partial charge in [-0.2, -0.15) is 4.31 Å². The molecule has 0 saturated carbocycles. The molecule has 1 aliphatic rings. The highest BCUT2D eigenvalue weighted by atomic mass is 35.5. The average Bonchev–Trinajstić information content (AvgIpc) is 2.81. The van der Waals surface area contributed by atoms with E-state index in [9.17, 15) is 13.2 Å². The van der Waals surface area contributed by atoms with Crippen LogP contribution >= 0.6 is 11.6 Å². The molecule has 24 heavy (non-hydrogen) atoms. The molecule has 0 aromatic heterocycles. The molecule has 134 valence electrons. The number of carbonyl (C=O) groups is 1. The maximum atomic E-state index is 12.4. The van der Waals surface area contributed by atoms with Crippen LogP contribution in [0.4, 0.5) is 0 Å². The molecule has 1 saturated heterocycles. The van der Waals surface area contributed by atoms with Crippen LogP contribution in [0.15, 0.2) is 24.3 Å². The predicted molar refractivity (Wildman–Crippen MR) is 96.4 cm³/mol. The Morgan fingerprint density at radius 1 is 1.17 bits per heavy atom. The molecule has 1 aromatic carbocycles. The smallest absolute Gasteiger partial charge is 0.223 e. The van der Waals surface area contributed by atoms with E-state index in [1.807, 2.05) is 11.0 Å². The van der Waals surface area contributed by atoms with E-state index < -0.39 is 10.0 Å². The van der Waals surface area contributed by atoms with Crippen LogP contribution in [0.3, 0.4) is 0 Å². The summed E-state index contributed by atoms with van der Waals surface area (Å²) in [6.07, 6.45) is 5.75. The fourth-order valence-corrected chi connectivity index (χ4v) is 3.87. The first-order chi connectivity index (χ1) is 11.4. The molecule has 2 rings (SSSR count). The monoisotopic (exact) mass is 372 g/mol. The molecule has 0 N–H and O–H groups in total. The van der Waals surface area contributed by atoms with Gasteiger partial charge in [-0.3, -0.25) is 4.79 Å². The minimum absolute atomic E-state index is 0.0321. The number of carbonyl (C=O) groups excluding carboxylic acids is 1. The Morgan fingerprint density at radius 2 is 1.79 bits per heavy atom. The van der Waals surface area contributed by atoms with Gasteiger partial charge in [-0.05, 0) is 24.5 Å². The van der Waals surface area contributed by atoms with Crippen LogP contribution in [0.5, 0.6) is 0 Å². The van der Waals surface area contributed by atoms with Crippen molar-refractivity contribution >= 4 is 27.5 Å². The van der Waals surface area contributed by atoms with Crippen LogP contribution in [0.2, 0.25) is 5.02 Å². The van der Waals surface area contributed by atoms with Gasteiger partial charge in [0.05, 0.1) is 6.26 Å². The van der Waals surface area contributed by atoms with Crippen LogP contribution < -0.4 is 0 Å². The summed E-state index contributed by atoms with van der Waals surface area (Å²) >= 11 is 6.12. The van der Waals surface area contributed by atoms with Gasteiger partial charge in [0, 0.05) is 37.6 Å². The molecule has 0 bridgehead atoms. The van der Waals surface area contributed by atoms with Crippen LogP contribution in [0, 0.1) is 0 Å². The lowest BCUT2D eigenvalue weighted by molar-refractivity contribution is -0.131. The van der Waals surface area contributed by atoms with E-state index in [-0.39, 0.29) is 25.4 Å². The summed E-state index contributed by atoms with van der Waals surface area (Å²) in [5, 5.41) is 0.532. The van der Waals surface area contributed by atoms with Crippen molar-refractivity contribution in [2.24, 2.45) is 0 Å². The van der Waals surface area contributed by atoms with Gasteiger partial charge in [0.2, 0.25) is 15.9 Å². The Labute approximate surface area is 149 Å². The zero-order valence-corrected chi connectivity index (χ0v) is 15.7. The van der Waals surface area contributed by atoms with Crippen molar-refractivity contribution < 1.29 is 13.2 Å². The molecule has 5 nitrogen and oxygen atoms in total. The fourth-order valence-electron chi connectivity index (χ4n) is 2.88.